The smallest absolute Gasteiger partial charge is 0.314 e. The van der Waals surface area contributed by atoms with Crippen LogP contribution in [0.15, 0.2) is 48.7 Å². The van der Waals surface area contributed by atoms with Crippen LogP contribution in [0.1, 0.15) is 60.5 Å². The van der Waals surface area contributed by atoms with Crippen LogP contribution in [0.2, 0.25) is 0 Å². The molecule has 1 unspecified atom stereocenters. The number of benzene rings is 2. The topological polar surface area (TPSA) is 32.3 Å². The number of amides is 1. The molecule has 7 heteroatoms. The number of carbonyl (C=O) groups excluding carboxylic acids is 1. The Hall–Kier alpha value is -2.83. The number of fused-ring (bicyclic) bond motifs is 2. The van der Waals surface area contributed by atoms with Gasteiger partial charge in [-0.15, -0.1) is 0 Å². The molecule has 2 bridgehead atoms. The summed E-state index contributed by atoms with van der Waals surface area (Å²) >= 11 is 0. The van der Waals surface area contributed by atoms with Crippen molar-refractivity contribution in [3.63, 3.8) is 0 Å². The minimum Gasteiger partial charge on any atom is -0.364 e. The maximum absolute atomic E-state index is 15.6. The summed E-state index contributed by atoms with van der Waals surface area (Å²) in [7, 11) is 0. The molecule has 0 aromatic heterocycles. The van der Waals surface area contributed by atoms with Gasteiger partial charge in [0.1, 0.15) is 11.6 Å². The number of hydrogen-bond acceptors (Lipinski definition) is 2. The van der Waals surface area contributed by atoms with Crippen LogP contribution in [0.3, 0.4) is 0 Å². The lowest BCUT2D eigenvalue weighted by molar-refractivity contribution is -0.0434. The minimum absolute atomic E-state index is 0.0258. The van der Waals surface area contributed by atoms with Crippen LogP contribution < -0.4 is 5.32 Å². The van der Waals surface area contributed by atoms with Crippen LogP contribution in [0.25, 0.3) is 0 Å². The first-order chi connectivity index (χ1) is 15.6. The van der Waals surface area contributed by atoms with Gasteiger partial charge in [0, 0.05) is 23.3 Å². The molecule has 0 saturated carbocycles. The van der Waals surface area contributed by atoms with Crippen LogP contribution in [0.5, 0.6) is 0 Å². The molecule has 2 saturated heterocycles. The highest BCUT2D eigenvalue weighted by atomic mass is 19.3. The molecule has 2 aromatic rings. The Labute approximate surface area is 191 Å². The van der Waals surface area contributed by atoms with Crippen molar-refractivity contribution in [2.24, 2.45) is 5.92 Å². The molecule has 2 aromatic carbocycles. The van der Waals surface area contributed by atoms with E-state index in [-0.39, 0.29) is 17.6 Å². The monoisotopic (exact) mass is 460 g/mol. The fourth-order valence-electron chi connectivity index (χ4n) is 5.24. The highest BCUT2D eigenvalue weighted by Crippen LogP contribution is 2.46. The number of piperidine rings is 2. The van der Waals surface area contributed by atoms with Gasteiger partial charge in [0.25, 0.3) is 5.91 Å². The number of nitrogens with one attached hydrogen (secondary N) is 1. The summed E-state index contributed by atoms with van der Waals surface area (Å²) < 4.78 is 59.3. The summed E-state index contributed by atoms with van der Waals surface area (Å²) in [6, 6.07) is 6.87. The van der Waals surface area contributed by atoms with E-state index >= 15 is 8.78 Å². The Morgan fingerprint density at radius 1 is 1.06 bits per heavy atom. The quantitative estimate of drug-likeness (QED) is 0.499. The van der Waals surface area contributed by atoms with Crippen molar-refractivity contribution in [2.45, 2.75) is 64.0 Å². The van der Waals surface area contributed by atoms with Crippen molar-refractivity contribution in [2.75, 3.05) is 5.32 Å². The fraction of sp³-hybridized carbons (Fsp3) is 0.423. The third-order valence-electron chi connectivity index (χ3n) is 6.87. The average Bonchev–Trinajstić information content (AvgIpc) is 2.75. The van der Waals surface area contributed by atoms with Crippen LogP contribution >= 0.6 is 0 Å². The number of aryl methyl sites for hydroxylation is 1. The first-order valence-corrected chi connectivity index (χ1v) is 11.3. The summed E-state index contributed by atoms with van der Waals surface area (Å²) in [5, 5.41) is 2.55. The van der Waals surface area contributed by atoms with Crippen LogP contribution in [0, 0.1) is 24.5 Å². The lowest BCUT2D eigenvalue weighted by atomic mass is 9.78. The summed E-state index contributed by atoms with van der Waals surface area (Å²) in [4.78, 5) is 14.4. The van der Waals surface area contributed by atoms with Crippen LogP contribution in [-0.4, -0.2) is 22.9 Å². The van der Waals surface area contributed by atoms with Gasteiger partial charge in [-0.3, -0.25) is 4.79 Å². The van der Waals surface area contributed by atoms with Crippen molar-refractivity contribution in [1.29, 1.82) is 0 Å². The number of allylic oxidation sites excluding steroid dienone is 1. The van der Waals surface area contributed by atoms with E-state index in [4.69, 9.17) is 0 Å². The van der Waals surface area contributed by atoms with Crippen molar-refractivity contribution in [3.8, 4) is 0 Å². The Balaban J connectivity index is 1.60. The lowest BCUT2D eigenvalue weighted by Gasteiger charge is -2.51. The highest BCUT2D eigenvalue weighted by molar-refractivity contribution is 6.04. The summed E-state index contributed by atoms with van der Waals surface area (Å²) in [5.74, 6) is -5.41. The van der Waals surface area contributed by atoms with Crippen LogP contribution in [0.4, 0.5) is 23.2 Å². The summed E-state index contributed by atoms with van der Waals surface area (Å²) in [6.07, 6.45) is 4.25. The number of anilines is 1. The fourth-order valence-corrected chi connectivity index (χ4v) is 5.24. The van der Waals surface area contributed by atoms with Gasteiger partial charge in [0.05, 0.1) is 11.3 Å². The molecule has 4 rings (SSSR count). The molecule has 1 N–H and O–H groups in total. The van der Waals surface area contributed by atoms with E-state index < -0.39 is 34.7 Å². The Morgan fingerprint density at radius 2 is 1.70 bits per heavy atom. The van der Waals surface area contributed by atoms with Gasteiger partial charge in [0.2, 0.25) is 0 Å². The summed E-state index contributed by atoms with van der Waals surface area (Å²) in [5.41, 5.74) is -0.747. The minimum atomic E-state index is -3.67. The highest BCUT2D eigenvalue weighted by Gasteiger charge is 2.47. The second kappa shape index (κ2) is 8.84. The first kappa shape index (κ1) is 23.3. The lowest BCUT2D eigenvalue weighted by Crippen LogP contribution is -2.53. The van der Waals surface area contributed by atoms with E-state index in [0.29, 0.717) is 17.2 Å². The molecule has 3 nitrogen and oxygen atoms in total. The zero-order valence-corrected chi connectivity index (χ0v) is 18.8. The normalized spacial score (nSPS) is 22.7. The Bertz CT molecular complexity index is 1070. The maximum Gasteiger partial charge on any atom is 0.314 e. The van der Waals surface area contributed by atoms with Crippen molar-refractivity contribution < 1.29 is 22.4 Å². The molecule has 0 spiro atoms. The van der Waals surface area contributed by atoms with Gasteiger partial charge in [-0.1, -0.05) is 13.5 Å². The molecular formula is C26H28F4N2O. The predicted molar refractivity (Wildman–Crippen MR) is 120 cm³/mol. The number of carbonyl (C=O) groups is 1. The maximum atomic E-state index is 15.6. The molecule has 176 valence electrons. The molecule has 1 amide bonds. The van der Waals surface area contributed by atoms with Gasteiger partial charge in [-0.05, 0) is 86.9 Å². The largest absolute Gasteiger partial charge is 0.364 e. The second-order valence-corrected chi connectivity index (χ2v) is 9.36. The zero-order valence-electron chi connectivity index (χ0n) is 18.8. The van der Waals surface area contributed by atoms with E-state index in [1.54, 1.807) is 11.8 Å². The van der Waals surface area contributed by atoms with Gasteiger partial charge >= 0.3 is 5.92 Å². The molecular weight excluding hydrogens is 432 g/mol. The third-order valence-corrected chi connectivity index (χ3v) is 6.87. The Morgan fingerprint density at radius 3 is 2.33 bits per heavy atom. The van der Waals surface area contributed by atoms with Gasteiger partial charge < -0.3 is 10.2 Å². The SMILES string of the molecule is C=C(N1[C@@H]2CCC[C@H]1CC(C)C2)C(F)(F)c1cc(C(=O)Nc2ccc(F)c(C)c2)ccc1F. The molecule has 0 radical (unpaired) electrons. The number of halogens is 4. The van der Waals surface area contributed by atoms with Crippen LogP contribution in [-0.2, 0) is 5.92 Å². The van der Waals surface area contributed by atoms with Crippen molar-refractivity contribution in [1.82, 2.24) is 4.90 Å². The third kappa shape index (κ3) is 4.50. The zero-order chi connectivity index (χ0) is 23.9. The summed E-state index contributed by atoms with van der Waals surface area (Å²) in [6.45, 7) is 7.39. The molecule has 2 aliphatic rings. The van der Waals surface area contributed by atoms with E-state index in [9.17, 15) is 13.6 Å². The van der Waals surface area contributed by atoms with E-state index in [2.05, 4.69) is 18.8 Å². The average molecular weight is 461 g/mol. The van der Waals surface area contributed by atoms with Gasteiger partial charge in [-0.25, -0.2) is 8.78 Å². The second-order valence-electron chi connectivity index (χ2n) is 9.36. The van der Waals surface area contributed by atoms with Gasteiger partial charge in [0.15, 0.2) is 0 Å². The van der Waals surface area contributed by atoms with E-state index in [0.717, 1.165) is 50.3 Å². The van der Waals surface area contributed by atoms with E-state index in [1.165, 1.54) is 18.2 Å². The first-order valence-electron chi connectivity index (χ1n) is 11.3. The number of alkyl halides is 2. The standard InChI is InChI=1S/C26H28F4N2O/c1-15-11-20-5-4-6-21(12-15)32(20)17(3)26(29,30)22-14-18(7-9-24(22)28)25(33)31-19-8-10-23(27)16(2)13-19/h7-10,13-15,20-21H,3-6,11-12H2,1-2H3,(H,31,33)/t15?,20-,21+. The van der Waals surface area contributed by atoms with Gasteiger partial charge in [-0.2, -0.15) is 8.78 Å². The predicted octanol–water partition coefficient (Wildman–Crippen LogP) is 6.78. The molecule has 3 atom stereocenters. The number of rotatable bonds is 5. The molecule has 0 aliphatic carbocycles. The Kier molecular flexibility index (Phi) is 6.25. The molecule has 2 aliphatic heterocycles. The molecule has 2 fully saturated rings. The molecule has 33 heavy (non-hydrogen) atoms. The van der Waals surface area contributed by atoms with Crippen molar-refractivity contribution >= 4 is 11.6 Å². The molecule has 2 heterocycles. The van der Waals surface area contributed by atoms with E-state index in [1.807, 2.05) is 0 Å². The number of hydrogen-bond donors (Lipinski definition) is 1. The van der Waals surface area contributed by atoms with Crippen molar-refractivity contribution in [3.05, 3.63) is 77.0 Å². The number of nitrogens with zero attached hydrogens (tertiary/aromatic N) is 1.